The van der Waals surface area contributed by atoms with Crippen molar-refractivity contribution >= 4 is 22.6 Å². The lowest BCUT2D eigenvalue weighted by atomic mass is 10.1. The van der Waals surface area contributed by atoms with Crippen LogP contribution in [-0.4, -0.2) is 41.9 Å². The molecule has 2 aromatic rings. The number of aromatic nitrogens is 1. The van der Waals surface area contributed by atoms with Crippen LogP contribution >= 0.6 is 0 Å². The fourth-order valence-corrected chi connectivity index (χ4v) is 4.66. The Morgan fingerprint density at radius 2 is 2.14 bits per heavy atom. The molecule has 2 aliphatic carbocycles. The van der Waals surface area contributed by atoms with Crippen molar-refractivity contribution in [1.82, 2.24) is 4.57 Å². The van der Waals surface area contributed by atoms with Crippen LogP contribution < -0.4 is 20.8 Å². The van der Waals surface area contributed by atoms with Crippen molar-refractivity contribution < 1.29 is 19.0 Å². The van der Waals surface area contributed by atoms with Gasteiger partial charge in [-0.05, 0) is 31.7 Å². The number of rotatable bonds is 4. The first-order valence-corrected chi connectivity index (χ1v) is 9.55. The Morgan fingerprint density at radius 3 is 2.68 bits per heavy atom. The van der Waals surface area contributed by atoms with Crippen molar-refractivity contribution in [2.24, 2.45) is 11.1 Å². The summed E-state index contributed by atoms with van der Waals surface area (Å²) >= 11 is 0. The molecule has 1 aromatic heterocycles. The standard InChI is InChI=1S/C20H22FN3O4/c1-28-18-15-11(17(25)12(19(26)27)8-24(15)10-2-3-10)6-13(21)16(18)23-5-4-20(9-23)7-14(20)22/h6,8,10,14H,2-5,7,9,22H2,1H3,(H,26,27). The summed E-state index contributed by atoms with van der Waals surface area (Å²) in [5.74, 6) is -1.59. The third-order valence-corrected chi connectivity index (χ3v) is 6.53. The smallest absolute Gasteiger partial charge is 0.341 e. The van der Waals surface area contributed by atoms with E-state index in [4.69, 9.17) is 10.5 Å². The van der Waals surface area contributed by atoms with E-state index in [9.17, 15) is 14.7 Å². The molecule has 2 saturated carbocycles. The predicted octanol–water partition coefficient (Wildman–Crippen LogP) is 2.11. The van der Waals surface area contributed by atoms with Crippen LogP contribution in [0, 0.1) is 11.2 Å². The number of nitrogens with zero attached hydrogens (tertiary/aromatic N) is 2. The predicted molar refractivity (Wildman–Crippen MR) is 102 cm³/mol. The number of methoxy groups -OCH3 is 1. The van der Waals surface area contributed by atoms with E-state index in [-0.39, 0.29) is 28.4 Å². The molecule has 8 heteroatoms. The van der Waals surface area contributed by atoms with Crippen LogP contribution in [0.4, 0.5) is 10.1 Å². The number of nitrogens with two attached hydrogens (primary N) is 1. The molecule has 0 amide bonds. The first-order valence-electron chi connectivity index (χ1n) is 9.55. The first kappa shape index (κ1) is 17.5. The molecule has 0 bridgehead atoms. The Bertz CT molecular complexity index is 1080. The monoisotopic (exact) mass is 387 g/mol. The van der Waals surface area contributed by atoms with Gasteiger partial charge >= 0.3 is 5.97 Å². The Kier molecular flexibility index (Phi) is 3.56. The SMILES string of the molecule is COc1c(N2CCC3(CC3N)C2)c(F)cc2c(=O)c(C(=O)O)cn(C3CC3)c12. The molecule has 1 saturated heterocycles. The molecule has 2 atom stereocenters. The fourth-order valence-electron chi connectivity index (χ4n) is 4.66. The number of carbonyl (C=O) groups is 1. The Morgan fingerprint density at radius 1 is 1.43 bits per heavy atom. The summed E-state index contributed by atoms with van der Waals surface area (Å²) in [6, 6.07) is 1.41. The molecule has 3 aliphatic rings. The van der Waals surface area contributed by atoms with Gasteiger partial charge in [-0.2, -0.15) is 0 Å². The number of hydrogen-bond donors (Lipinski definition) is 2. The zero-order valence-corrected chi connectivity index (χ0v) is 15.6. The number of anilines is 1. The van der Waals surface area contributed by atoms with E-state index in [2.05, 4.69) is 0 Å². The zero-order chi connectivity index (χ0) is 19.8. The van der Waals surface area contributed by atoms with Crippen LogP contribution in [0.2, 0.25) is 0 Å². The normalized spacial score (nSPS) is 26.2. The molecule has 148 valence electrons. The molecule has 2 heterocycles. The van der Waals surface area contributed by atoms with Crippen LogP contribution in [0.5, 0.6) is 5.75 Å². The molecule has 1 aliphatic heterocycles. The van der Waals surface area contributed by atoms with Crippen molar-refractivity contribution in [2.45, 2.75) is 37.8 Å². The number of aromatic carboxylic acids is 1. The summed E-state index contributed by atoms with van der Waals surface area (Å²) in [5, 5.41) is 9.45. The number of benzene rings is 1. The molecular formula is C20H22FN3O4. The van der Waals surface area contributed by atoms with Crippen molar-refractivity contribution in [1.29, 1.82) is 0 Å². The van der Waals surface area contributed by atoms with Crippen molar-refractivity contribution in [2.75, 3.05) is 25.1 Å². The number of carboxylic acid groups (broad SMARTS) is 1. The van der Waals surface area contributed by atoms with E-state index in [1.807, 2.05) is 4.90 Å². The van der Waals surface area contributed by atoms with E-state index < -0.39 is 17.2 Å². The van der Waals surface area contributed by atoms with Gasteiger partial charge in [-0.25, -0.2) is 9.18 Å². The van der Waals surface area contributed by atoms with Gasteiger partial charge in [0.2, 0.25) is 5.43 Å². The minimum Gasteiger partial charge on any atom is -0.492 e. The molecule has 28 heavy (non-hydrogen) atoms. The maximum Gasteiger partial charge on any atom is 0.341 e. The van der Waals surface area contributed by atoms with Gasteiger partial charge < -0.3 is 25.0 Å². The number of carboxylic acids is 1. The molecule has 2 unspecified atom stereocenters. The summed E-state index contributed by atoms with van der Waals surface area (Å²) < 4.78 is 22.6. The van der Waals surface area contributed by atoms with Gasteiger partial charge in [0.1, 0.15) is 11.3 Å². The van der Waals surface area contributed by atoms with Gasteiger partial charge in [0.05, 0.1) is 18.0 Å². The topological polar surface area (TPSA) is 97.8 Å². The fraction of sp³-hybridized carbons (Fsp3) is 0.500. The third kappa shape index (κ3) is 2.37. The highest BCUT2D eigenvalue weighted by molar-refractivity contribution is 5.97. The Hall–Kier alpha value is -2.61. The number of fused-ring (bicyclic) bond motifs is 1. The van der Waals surface area contributed by atoms with Gasteiger partial charge in [-0.15, -0.1) is 0 Å². The summed E-state index contributed by atoms with van der Waals surface area (Å²) in [6.07, 6.45) is 4.98. The van der Waals surface area contributed by atoms with Crippen molar-refractivity contribution in [3.8, 4) is 5.75 Å². The van der Waals surface area contributed by atoms with Gasteiger partial charge in [-0.3, -0.25) is 4.79 Å². The second kappa shape index (κ2) is 5.70. The van der Waals surface area contributed by atoms with E-state index in [1.54, 1.807) is 4.57 Å². The molecule has 1 spiro atoms. The molecule has 3 fully saturated rings. The van der Waals surface area contributed by atoms with Crippen LogP contribution in [0.15, 0.2) is 17.1 Å². The van der Waals surface area contributed by atoms with Crippen molar-refractivity contribution in [3.05, 3.63) is 33.9 Å². The van der Waals surface area contributed by atoms with Crippen LogP contribution in [0.25, 0.3) is 10.9 Å². The maximum atomic E-state index is 15.2. The number of hydrogen-bond acceptors (Lipinski definition) is 5. The van der Waals surface area contributed by atoms with Gasteiger partial charge in [0.25, 0.3) is 0 Å². The van der Waals surface area contributed by atoms with Crippen molar-refractivity contribution in [3.63, 3.8) is 0 Å². The average molecular weight is 387 g/mol. The minimum absolute atomic E-state index is 0.0435. The maximum absolute atomic E-state index is 15.2. The molecule has 3 N–H and O–H groups in total. The summed E-state index contributed by atoms with van der Waals surface area (Å²) in [4.78, 5) is 26.2. The molecule has 1 aromatic carbocycles. The molecule has 7 nitrogen and oxygen atoms in total. The number of ether oxygens (including phenoxy) is 1. The highest BCUT2D eigenvalue weighted by Gasteiger charge is 2.56. The summed E-state index contributed by atoms with van der Waals surface area (Å²) in [6.45, 7) is 1.33. The highest BCUT2D eigenvalue weighted by atomic mass is 19.1. The largest absolute Gasteiger partial charge is 0.492 e. The highest BCUT2D eigenvalue weighted by Crippen LogP contribution is 2.54. The van der Waals surface area contributed by atoms with Crippen LogP contribution in [-0.2, 0) is 0 Å². The first-order chi connectivity index (χ1) is 13.4. The van der Waals surface area contributed by atoms with E-state index in [0.29, 0.717) is 30.0 Å². The summed E-state index contributed by atoms with van der Waals surface area (Å²) in [7, 11) is 1.46. The van der Waals surface area contributed by atoms with Crippen LogP contribution in [0.1, 0.15) is 42.1 Å². The molecular weight excluding hydrogens is 365 g/mol. The second-order valence-electron chi connectivity index (χ2n) is 8.30. The Labute approximate surface area is 160 Å². The lowest BCUT2D eigenvalue weighted by Crippen LogP contribution is -2.25. The lowest BCUT2D eigenvalue weighted by molar-refractivity contribution is 0.0695. The third-order valence-electron chi connectivity index (χ3n) is 6.53. The summed E-state index contributed by atoms with van der Waals surface area (Å²) in [5.41, 5.74) is 5.90. The quantitative estimate of drug-likeness (QED) is 0.834. The lowest BCUT2D eigenvalue weighted by Gasteiger charge is -2.25. The van der Waals surface area contributed by atoms with Gasteiger partial charge in [0.15, 0.2) is 11.6 Å². The number of pyridine rings is 1. The molecule has 0 radical (unpaired) electrons. The second-order valence-corrected chi connectivity index (χ2v) is 8.30. The van der Waals surface area contributed by atoms with Crippen LogP contribution in [0.3, 0.4) is 0 Å². The molecule has 5 rings (SSSR count). The van der Waals surface area contributed by atoms with Gasteiger partial charge in [0, 0.05) is 36.8 Å². The van der Waals surface area contributed by atoms with Gasteiger partial charge in [-0.1, -0.05) is 0 Å². The van der Waals surface area contributed by atoms with E-state index in [0.717, 1.165) is 25.7 Å². The average Bonchev–Trinajstić information content (AvgIpc) is 3.54. The van der Waals surface area contributed by atoms with E-state index in [1.165, 1.54) is 19.4 Å². The Balaban J connectivity index is 1.76. The minimum atomic E-state index is -1.31. The van der Waals surface area contributed by atoms with E-state index >= 15 is 4.39 Å². The number of halogens is 1. The zero-order valence-electron chi connectivity index (χ0n) is 15.6.